The molecule has 2 aromatic carbocycles. The molecule has 0 unspecified atom stereocenters. The van der Waals surface area contributed by atoms with Gasteiger partial charge in [0.2, 0.25) is 5.91 Å². The van der Waals surface area contributed by atoms with E-state index in [1.807, 2.05) is 37.3 Å². The number of ether oxygens (including phenoxy) is 1. The van der Waals surface area contributed by atoms with Gasteiger partial charge in [-0.2, -0.15) is 0 Å². The number of halogens is 1. The van der Waals surface area contributed by atoms with Gasteiger partial charge in [-0.15, -0.1) is 0 Å². The Kier molecular flexibility index (Phi) is 6.94. The Labute approximate surface area is 172 Å². The topological polar surface area (TPSA) is 53.6 Å². The Hall–Kier alpha value is -2.08. The van der Waals surface area contributed by atoms with Crippen molar-refractivity contribution in [3.63, 3.8) is 0 Å². The highest BCUT2D eigenvalue weighted by Crippen LogP contribution is 2.25. The third-order valence-electron chi connectivity index (χ3n) is 5.34. The number of amides is 1. The number of benzene rings is 2. The van der Waals surface area contributed by atoms with Gasteiger partial charge in [0.25, 0.3) is 0 Å². The summed E-state index contributed by atoms with van der Waals surface area (Å²) < 4.78 is 5.33. The fourth-order valence-corrected chi connectivity index (χ4v) is 4.02. The minimum absolute atomic E-state index is 0.0524. The van der Waals surface area contributed by atoms with E-state index in [0.717, 1.165) is 41.4 Å². The number of aryl methyl sites for hydroxylation is 1. The van der Waals surface area contributed by atoms with Crippen LogP contribution in [0, 0.1) is 6.92 Å². The van der Waals surface area contributed by atoms with Gasteiger partial charge < -0.3 is 15.4 Å². The highest BCUT2D eigenvalue weighted by Gasteiger charge is 2.36. The van der Waals surface area contributed by atoms with Crippen molar-refractivity contribution in [2.45, 2.75) is 38.5 Å². The Bertz CT molecular complexity index is 827. The first-order valence-electron chi connectivity index (χ1n) is 9.57. The molecule has 1 heterocycles. The lowest BCUT2D eigenvalue weighted by Gasteiger charge is -2.23. The van der Waals surface area contributed by atoms with Crippen LogP contribution in [0.5, 0.6) is 5.75 Å². The normalized spacial score (nSPS) is 19.6. The van der Waals surface area contributed by atoms with E-state index in [9.17, 15) is 4.79 Å². The van der Waals surface area contributed by atoms with Crippen molar-refractivity contribution in [3.8, 4) is 5.75 Å². The number of rotatable bonds is 7. The van der Waals surface area contributed by atoms with Crippen molar-refractivity contribution in [1.82, 2.24) is 15.5 Å². The number of carbonyl (C=O) groups excluding carboxylic acids is 1. The first-order valence-corrected chi connectivity index (χ1v) is 9.95. The number of methoxy groups -OCH3 is 1. The molecule has 0 saturated carbocycles. The predicted molar refractivity (Wildman–Crippen MR) is 113 cm³/mol. The highest BCUT2D eigenvalue weighted by atomic mass is 35.5. The van der Waals surface area contributed by atoms with E-state index >= 15 is 0 Å². The molecule has 2 aromatic rings. The van der Waals surface area contributed by atoms with Crippen LogP contribution in [0.2, 0.25) is 5.02 Å². The average molecular weight is 402 g/mol. The second-order valence-corrected chi connectivity index (χ2v) is 7.68. The van der Waals surface area contributed by atoms with Crippen LogP contribution in [-0.2, 0) is 17.9 Å². The summed E-state index contributed by atoms with van der Waals surface area (Å²) in [6, 6.07) is 14.1. The van der Waals surface area contributed by atoms with Gasteiger partial charge in [0, 0.05) is 37.7 Å². The molecule has 1 aliphatic rings. The lowest BCUT2D eigenvalue weighted by molar-refractivity contribution is -0.125. The average Bonchev–Trinajstić information content (AvgIpc) is 3.10. The van der Waals surface area contributed by atoms with Crippen molar-refractivity contribution < 1.29 is 9.53 Å². The Morgan fingerprint density at radius 1 is 1.29 bits per heavy atom. The molecular formula is C22H28ClN3O2. The molecule has 0 aromatic heterocycles. The quantitative estimate of drug-likeness (QED) is 0.748. The van der Waals surface area contributed by atoms with E-state index < -0.39 is 0 Å². The summed E-state index contributed by atoms with van der Waals surface area (Å²) in [5, 5.41) is 7.14. The molecule has 1 aliphatic heterocycles. The van der Waals surface area contributed by atoms with Crippen molar-refractivity contribution >= 4 is 17.5 Å². The summed E-state index contributed by atoms with van der Waals surface area (Å²) >= 11 is 6.33. The van der Waals surface area contributed by atoms with Crippen LogP contribution < -0.4 is 15.4 Å². The Morgan fingerprint density at radius 2 is 2.07 bits per heavy atom. The molecular weight excluding hydrogens is 374 g/mol. The van der Waals surface area contributed by atoms with Gasteiger partial charge in [-0.3, -0.25) is 9.69 Å². The van der Waals surface area contributed by atoms with Crippen LogP contribution in [0.25, 0.3) is 0 Å². The number of hydrogen-bond donors (Lipinski definition) is 2. The Balaban J connectivity index is 1.65. The Morgan fingerprint density at radius 3 is 2.75 bits per heavy atom. The number of likely N-dealkylation sites (tertiary alicyclic amines) is 1. The second kappa shape index (κ2) is 9.41. The second-order valence-electron chi connectivity index (χ2n) is 7.27. The fraction of sp³-hybridized carbons (Fsp3) is 0.409. The molecule has 0 aliphatic carbocycles. The molecule has 150 valence electrons. The molecule has 3 rings (SSSR count). The molecule has 2 atom stereocenters. The first kappa shape index (κ1) is 20.6. The van der Waals surface area contributed by atoms with Crippen molar-refractivity contribution in [1.29, 1.82) is 0 Å². The maximum absolute atomic E-state index is 12.4. The summed E-state index contributed by atoms with van der Waals surface area (Å²) in [5.41, 5.74) is 3.38. The van der Waals surface area contributed by atoms with Crippen LogP contribution in [0.4, 0.5) is 0 Å². The SMILES string of the molecule is CNC(=O)[C@@H]1C[C@@H](NCc2ccc(OC)c(C)c2)CN1Cc1ccccc1Cl. The number of hydrogen-bond acceptors (Lipinski definition) is 4. The molecule has 6 heteroatoms. The monoisotopic (exact) mass is 401 g/mol. The molecule has 28 heavy (non-hydrogen) atoms. The zero-order valence-electron chi connectivity index (χ0n) is 16.7. The molecule has 0 bridgehead atoms. The van der Waals surface area contributed by atoms with Crippen molar-refractivity contribution in [2.75, 3.05) is 20.7 Å². The van der Waals surface area contributed by atoms with Crippen molar-refractivity contribution in [3.05, 3.63) is 64.2 Å². The number of nitrogens with zero attached hydrogens (tertiary/aromatic N) is 1. The van der Waals surface area contributed by atoms with Gasteiger partial charge in [0.15, 0.2) is 0 Å². The summed E-state index contributed by atoms with van der Waals surface area (Å²) in [6.07, 6.45) is 0.777. The van der Waals surface area contributed by atoms with Gasteiger partial charge in [0.05, 0.1) is 13.2 Å². The summed E-state index contributed by atoms with van der Waals surface area (Å²) in [6.45, 7) is 4.27. The molecule has 2 N–H and O–H groups in total. The molecule has 0 radical (unpaired) electrons. The van der Waals surface area contributed by atoms with E-state index in [2.05, 4.69) is 27.7 Å². The third kappa shape index (κ3) is 4.85. The predicted octanol–water partition coefficient (Wildman–Crippen LogP) is 3.14. The van der Waals surface area contributed by atoms with E-state index in [1.165, 1.54) is 5.56 Å². The maximum Gasteiger partial charge on any atom is 0.237 e. The van der Waals surface area contributed by atoms with Crippen LogP contribution in [0.3, 0.4) is 0 Å². The number of carbonyl (C=O) groups is 1. The molecule has 1 saturated heterocycles. The van der Waals surface area contributed by atoms with Gasteiger partial charge in [-0.25, -0.2) is 0 Å². The maximum atomic E-state index is 12.4. The first-order chi connectivity index (χ1) is 13.5. The zero-order chi connectivity index (χ0) is 20.1. The molecule has 1 fully saturated rings. The minimum Gasteiger partial charge on any atom is -0.496 e. The van der Waals surface area contributed by atoms with E-state index in [0.29, 0.717) is 6.54 Å². The molecule has 1 amide bonds. The highest BCUT2D eigenvalue weighted by molar-refractivity contribution is 6.31. The summed E-state index contributed by atoms with van der Waals surface area (Å²) in [7, 11) is 3.38. The number of likely N-dealkylation sites (N-methyl/N-ethyl adjacent to an activating group) is 1. The smallest absolute Gasteiger partial charge is 0.237 e. The molecule has 0 spiro atoms. The van der Waals surface area contributed by atoms with Crippen molar-refractivity contribution in [2.24, 2.45) is 0 Å². The van der Waals surface area contributed by atoms with Crippen LogP contribution >= 0.6 is 11.6 Å². The molecule has 5 nitrogen and oxygen atoms in total. The lowest BCUT2D eigenvalue weighted by atomic mass is 10.1. The minimum atomic E-state index is -0.156. The summed E-state index contributed by atoms with van der Waals surface area (Å²) in [4.78, 5) is 14.6. The fourth-order valence-electron chi connectivity index (χ4n) is 3.82. The van der Waals surface area contributed by atoms with Crippen LogP contribution in [-0.4, -0.2) is 43.6 Å². The zero-order valence-corrected chi connectivity index (χ0v) is 17.4. The lowest BCUT2D eigenvalue weighted by Crippen LogP contribution is -2.41. The van der Waals surface area contributed by atoms with E-state index in [-0.39, 0.29) is 18.0 Å². The van der Waals surface area contributed by atoms with Crippen LogP contribution in [0.15, 0.2) is 42.5 Å². The summed E-state index contributed by atoms with van der Waals surface area (Å²) in [5.74, 6) is 0.951. The largest absolute Gasteiger partial charge is 0.496 e. The third-order valence-corrected chi connectivity index (χ3v) is 5.71. The van der Waals surface area contributed by atoms with Gasteiger partial charge >= 0.3 is 0 Å². The van der Waals surface area contributed by atoms with Crippen LogP contribution in [0.1, 0.15) is 23.1 Å². The van der Waals surface area contributed by atoms with E-state index in [4.69, 9.17) is 16.3 Å². The van der Waals surface area contributed by atoms with Gasteiger partial charge in [-0.05, 0) is 42.2 Å². The van der Waals surface area contributed by atoms with Gasteiger partial charge in [0.1, 0.15) is 5.75 Å². The number of nitrogens with one attached hydrogen (secondary N) is 2. The van der Waals surface area contributed by atoms with Gasteiger partial charge in [-0.1, -0.05) is 41.9 Å². The van der Waals surface area contributed by atoms with E-state index in [1.54, 1.807) is 14.2 Å². The standard InChI is InChI=1S/C22H28ClN3O2/c1-15-10-16(8-9-21(15)28-3)12-25-18-11-20(22(27)24-2)26(14-18)13-17-6-4-5-7-19(17)23/h4-10,18,20,25H,11-14H2,1-3H3,(H,24,27)/t18-,20+/m1/s1.